The summed E-state index contributed by atoms with van der Waals surface area (Å²) < 4.78 is 0. The molecular formula is C26H28O5. The summed E-state index contributed by atoms with van der Waals surface area (Å²) >= 11 is 0. The lowest BCUT2D eigenvalue weighted by molar-refractivity contribution is -0.182. The highest BCUT2D eigenvalue weighted by Gasteiger charge is 2.48. The monoisotopic (exact) mass is 420 g/mol. The van der Waals surface area contributed by atoms with E-state index < -0.39 is 29.7 Å². The average Bonchev–Trinajstić information content (AvgIpc) is 2.80. The number of hydrogen-bond acceptors (Lipinski definition) is 5. The van der Waals surface area contributed by atoms with Crippen LogP contribution in [-0.4, -0.2) is 50.1 Å². The Morgan fingerprint density at radius 2 is 1.16 bits per heavy atom. The second-order valence-corrected chi connectivity index (χ2v) is 7.89. The first-order valence-electron chi connectivity index (χ1n) is 10.3. The second kappa shape index (κ2) is 10.5. The van der Waals surface area contributed by atoms with E-state index in [1.807, 2.05) is 24.3 Å². The van der Waals surface area contributed by atoms with Crippen molar-refractivity contribution in [3.05, 3.63) is 108 Å². The van der Waals surface area contributed by atoms with Crippen molar-refractivity contribution in [1.29, 1.82) is 0 Å². The average molecular weight is 421 g/mol. The minimum Gasteiger partial charge on any atom is -0.390 e. The number of aliphatic hydroxyl groups excluding tert-OH is 3. The number of hydrogen-bond donors (Lipinski definition) is 4. The molecule has 4 unspecified atom stereocenters. The molecule has 0 bridgehead atoms. The van der Waals surface area contributed by atoms with E-state index in [-0.39, 0.29) is 19.3 Å². The molecule has 0 aliphatic heterocycles. The van der Waals surface area contributed by atoms with Crippen LogP contribution in [0.25, 0.3) is 0 Å². The summed E-state index contributed by atoms with van der Waals surface area (Å²) in [6.07, 6.45) is -5.23. The summed E-state index contributed by atoms with van der Waals surface area (Å²) in [5, 5.41) is 43.9. The summed E-state index contributed by atoms with van der Waals surface area (Å²) in [6, 6.07) is 26.7. The van der Waals surface area contributed by atoms with E-state index in [0.717, 1.165) is 5.56 Å². The van der Waals surface area contributed by atoms with E-state index in [9.17, 15) is 25.2 Å². The molecule has 0 fully saturated rings. The molecule has 3 rings (SSSR count). The molecule has 0 radical (unpaired) electrons. The lowest BCUT2D eigenvalue weighted by Crippen LogP contribution is -2.61. The molecule has 0 aliphatic rings. The molecule has 0 aliphatic carbocycles. The van der Waals surface area contributed by atoms with Crippen LogP contribution in [0.5, 0.6) is 0 Å². The summed E-state index contributed by atoms with van der Waals surface area (Å²) in [6.45, 7) is 0. The summed E-state index contributed by atoms with van der Waals surface area (Å²) in [7, 11) is 0. The Hall–Kier alpha value is -2.83. The number of carbonyl (C=O) groups is 1. The SMILES string of the molecule is O=C(Cc1ccccc1)C(O)C(O)(Cc1ccccc1)C(O)C(O)Cc1ccccc1. The van der Waals surface area contributed by atoms with Crippen LogP contribution in [0.2, 0.25) is 0 Å². The maximum atomic E-state index is 12.8. The molecule has 31 heavy (non-hydrogen) atoms. The van der Waals surface area contributed by atoms with E-state index in [0.29, 0.717) is 11.1 Å². The van der Waals surface area contributed by atoms with Crippen molar-refractivity contribution in [2.24, 2.45) is 0 Å². The summed E-state index contributed by atoms with van der Waals surface area (Å²) in [4.78, 5) is 12.8. The molecule has 3 aromatic rings. The van der Waals surface area contributed by atoms with Crippen molar-refractivity contribution in [1.82, 2.24) is 0 Å². The standard InChI is InChI=1S/C26H28O5/c27-22(16-19-10-4-1-5-11-19)24(29)26(31,18-21-14-8-3-9-15-21)25(30)23(28)17-20-12-6-2-7-13-20/h1-15,22,24-25,27,29-31H,16-18H2. The number of ketones is 1. The third-order valence-corrected chi connectivity index (χ3v) is 5.49. The molecule has 162 valence electrons. The van der Waals surface area contributed by atoms with Gasteiger partial charge in [-0.15, -0.1) is 0 Å². The molecule has 4 N–H and O–H groups in total. The summed E-state index contributed by atoms with van der Waals surface area (Å²) in [5.41, 5.74) is -0.182. The van der Waals surface area contributed by atoms with Gasteiger partial charge in [-0.3, -0.25) is 4.79 Å². The molecule has 0 saturated carbocycles. The fraction of sp³-hybridized carbons (Fsp3) is 0.269. The van der Waals surface area contributed by atoms with E-state index >= 15 is 0 Å². The Kier molecular flexibility index (Phi) is 7.71. The third kappa shape index (κ3) is 5.87. The molecule has 3 aromatic carbocycles. The Balaban J connectivity index is 1.85. The van der Waals surface area contributed by atoms with Gasteiger partial charge >= 0.3 is 0 Å². The van der Waals surface area contributed by atoms with Crippen LogP contribution in [0.1, 0.15) is 16.7 Å². The Morgan fingerprint density at radius 3 is 1.68 bits per heavy atom. The molecule has 4 atom stereocenters. The molecule has 0 heterocycles. The van der Waals surface area contributed by atoms with Crippen molar-refractivity contribution in [3.63, 3.8) is 0 Å². The van der Waals surface area contributed by atoms with Crippen molar-refractivity contribution < 1.29 is 25.2 Å². The third-order valence-electron chi connectivity index (χ3n) is 5.49. The maximum Gasteiger partial charge on any atom is 0.168 e. The first kappa shape index (κ1) is 22.8. The van der Waals surface area contributed by atoms with Crippen LogP contribution >= 0.6 is 0 Å². The van der Waals surface area contributed by atoms with Gasteiger partial charge < -0.3 is 20.4 Å². The Bertz CT molecular complexity index is 945. The van der Waals surface area contributed by atoms with Crippen molar-refractivity contribution in [2.75, 3.05) is 0 Å². The van der Waals surface area contributed by atoms with E-state index in [1.54, 1.807) is 66.7 Å². The number of rotatable bonds is 10. The zero-order chi connectivity index (χ0) is 22.3. The van der Waals surface area contributed by atoms with Gasteiger partial charge in [0, 0.05) is 19.3 Å². The Labute approximate surface area is 182 Å². The van der Waals surface area contributed by atoms with Gasteiger partial charge in [-0.1, -0.05) is 91.0 Å². The van der Waals surface area contributed by atoms with E-state index in [2.05, 4.69) is 0 Å². The molecule has 5 nitrogen and oxygen atoms in total. The summed E-state index contributed by atoms with van der Waals surface area (Å²) in [5.74, 6) is -0.629. The van der Waals surface area contributed by atoms with Gasteiger partial charge in [0.15, 0.2) is 5.78 Å². The van der Waals surface area contributed by atoms with Gasteiger partial charge in [-0.25, -0.2) is 0 Å². The smallest absolute Gasteiger partial charge is 0.168 e. The van der Waals surface area contributed by atoms with Crippen LogP contribution in [0, 0.1) is 0 Å². The highest BCUT2D eigenvalue weighted by atomic mass is 16.4. The largest absolute Gasteiger partial charge is 0.390 e. The molecule has 5 heteroatoms. The minimum absolute atomic E-state index is 0.0682. The number of benzene rings is 3. The fourth-order valence-corrected chi connectivity index (χ4v) is 3.76. The van der Waals surface area contributed by atoms with Crippen LogP contribution in [0.4, 0.5) is 0 Å². The van der Waals surface area contributed by atoms with Crippen LogP contribution in [0.15, 0.2) is 91.0 Å². The van der Waals surface area contributed by atoms with Gasteiger partial charge in [-0.2, -0.15) is 0 Å². The van der Waals surface area contributed by atoms with Crippen LogP contribution < -0.4 is 0 Å². The Morgan fingerprint density at radius 1 is 0.710 bits per heavy atom. The predicted molar refractivity (Wildman–Crippen MR) is 118 cm³/mol. The molecule has 0 spiro atoms. The zero-order valence-electron chi connectivity index (χ0n) is 17.2. The maximum absolute atomic E-state index is 12.8. The quantitative estimate of drug-likeness (QED) is 0.403. The highest BCUT2D eigenvalue weighted by Crippen LogP contribution is 2.27. The van der Waals surface area contributed by atoms with Gasteiger partial charge in [0.25, 0.3) is 0 Å². The number of carbonyl (C=O) groups excluding carboxylic acids is 1. The van der Waals surface area contributed by atoms with Gasteiger partial charge in [0.1, 0.15) is 17.8 Å². The van der Waals surface area contributed by atoms with E-state index in [1.165, 1.54) is 0 Å². The van der Waals surface area contributed by atoms with Crippen molar-refractivity contribution in [3.8, 4) is 0 Å². The number of Topliss-reactive ketones (excluding diaryl/α,β-unsaturated/α-hetero) is 1. The lowest BCUT2D eigenvalue weighted by Gasteiger charge is -2.38. The number of aliphatic hydroxyl groups is 4. The normalized spacial score (nSPS) is 16.1. The topological polar surface area (TPSA) is 98.0 Å². The highest BCUT2D eigenvalue weighted by molar-refractivity contribution is 5.86. The molecule has 0 saturated heterocycles. The van der Waals surface area contributed by atoms with Gasteiger partial charge in [0.2, 0.25) is 0 Å². The van der Waals surface area contributed by atoms with E-state index in [4.69, 9.17) is 0 Å². The van der Waals surface area contributed by atoms with Gasteiger partial charge in [0.05, 0.1) is 6.10 Å². The van der Waals surface area contributed by atoms with Crippen molar-refractivity contribution in [2.45, 2.75) is 43.2 Å². The predicted octanol–water partition coefficient (Wildman–Crippen LogP) is 2.10. The minimum atomic E-state index is -2.26. The fourth-order valence-electron chi connectivity index (χ4n) is 3.76. The first-order valence-corrected chi connectivity index (χ1v) is 10.3. The van der Waals surface area contributed by atoms with Crippen molar-refractivity contribution >= 4 is 5.78 Å². The lowest BCUT2D eigenvalue weighted by atomic mass is 9.78. The van der Waals surface area contributed by atoms with Crippen LogP contribution in [-0.2, 0) is 24.1 Å². The first-order chi connectivity index (χ1) is 14.9. The molecule has 0 amide bonds. The van der Waals surface area contributed by atoms with Crippen LogP contribution in [0.3, 0.4) is 0 Å². The van der Waals surface area contributed by atoms with Gasteiger partial charge in [-0.05, 0) is 16.7 Å². The zero-order valence-corrected chi connectivity index (χ0v) is 17.2. The molecular weight excluding hydrogens is 392 g/mol. The second-order valence-electron chi connectivity index (χ2n) is 7.89. The molecule has 0 aromatic heterocycles.